The number of likely N-dealkylation sites (N-methyl/N-ethyl adjacent to an activating group) is 1. The van der Waals surface area contributed by atoms with Gasteiger partial charge in [-0.1, -0.05) is 76.1 Å². The molecule has 4 nitrogen and oxygen atoms in total. The summed E-state index contributed by atoms with van der Waals surface area (Å²) in [6, 6.07) is 14.2. The van der Waals surface area contributed by atoms with Crippen molar-refractivity contribution in [2.24, 2.45) is 0 Å². The predicted molar refractivity (Wildman–Crippen MR) is 122 cm³/mol. The summed E-state index contributed by atoms with van der Waals surface area (Å²) in [5, 5.41) is 5.28. The zero-order valence-corrected chi connectivity index (χ0v) is 18.2. The number of hydrogen-bond acceptors (Lipinski definition) is 3. The number of allylic oxidation sites excluding steroid dienone is 1. The minimum atomic E-state index is -0.0195. The summed E-state index contributed by atoms with van der Waals surface area (Å²) in [5.41, 5.74) is 0.716. The number of nitrogens with zero attached hydrogens (tertiary/aromatic N) is 1. The molecule has 0 aromatic heterocycles. The first kappa shape index (κ1) is 23.0. The lowest BCUT2D eigenvalue weighted by Gasteiger charge is -2.18. The summed E-state index contributed by atoms with van der Waals surface area (Å²) in [4.78, 5) is 15.1. The second-order valence-corrected chi connectivity index (χ2v) is 7.27. The van der Waals surface area contributed by atoms with Gasteiger partial charge in [0.1, 0.15) is 12.4 Å². The molecule has 0 aliphatic heterocycles. The van der Waals surface area contributed by atoms with E-state index in [1.54, 1.807) is 0 Å². The molecule has 4 heteroatoms. The molecule has 0 radical (unpaired) electrons. The number of fused-ring (bicyclic) bond motifs is 1. The van der Waals surface area contributed by atoms with Gasteiger partial charge in [0.15, 0.2) is 0 Å². The average Bonchev–Trinajstić information content (AvgIpc) is 2.76. The van der Waals surface area contributed by atoms with Crippen molar-refractivity contribution >= 4 is 16.7 Å². The van der Waals surface area contributed by atoms with E-state index in [1.165, 1.54) is 12.8 Å². The van der Waals surface area contributed by atoms with Gasteiger partial charge >= 0.3 is 0 Å². The van der Waals surface area contributed by atoms with Crippen LogP contribution in [0, 0.1) is 0 Å². The zero-order valence-electron chi connectivity index (χ0n) is 18.2. The monoisotopic (exact) mass is 396 g/mol. The fourth-order valence-corrected chi connectivity index (χ4v) is 3.35. The largest absolute Gasteiger partial charge is 0.488 e. The van der Waals surface area contributed by atoms with E-state index in [4.69, 9.17) is 4.74 Å². The molecular formula is C25H36N2O2. The SMILES string of the molecule is CCCCC/C=C(\COc1cccc2ccccc12)C(=O)NCCN(CC)CC. The Balaban J connectivity index is 2.02. The van der Waals surface area contributed by atoms with Crippen molar-refractivity contribution in [2.75, 3.05) is 32.8 Å². The highest BCUT2D eigenvalue weighted by Crippen LogP contribution is 2.25. The number of carbonyl (C=O) groups excluding carboxylic acids is 1. The highest BCUT2D eigenvalue weighted by atomic mass is 16.5. The molecule has 0 heterocycles. The molecule has 1 amide bonds. The van der Waals surface area contributed by atoms with Gasteiger partial charge in [0.05, 0.1) is 5.57 Å². The molecule has 29 heavy (non-hydrogen) atoms. The van der Waals surface area contributed by atoms with Crippen molar-refractivity contribution in [3.05, 3.63) is 54.1 Å². The summed E-state index contributed by atoms with van der Waals surface area (Å²) in [6.45, 7) is 10.3. The number of benzene rings is 2. The smallest absolute Gasteiger partial charge is 0.250 e. The van der Waals surface area contributed by atoms with E-state index >= 15 is 0 Å². The Hall–Kier alpha value is -2.33. The van der Waals surface area contributed by atoms with Gasteiger partial charge in [-0.15, -0.1) is 0 Å². The summed E-state index contributed by atoms with van der Waals surface area (Å²) < 4.78 is 6.09. The Labute approximate surface area is 175 Å². The van der Waals surface area contributed by atoms with Crippen LogP contribution in [0.25, 0.3) is 10.8 Å². The van der Waals surface area contributed by atoms with E-state index in [0.29, 0.717) is 12.1 Å². The van der Waals surface area contributed by atoms with E-state index in [2.05, 4.69) is 49.2 Å². The number of carbonyl (C=O) groups is 1. The molecule has 0 bridgehead atoms. The third-order valence-electron chi connectivity index (χ3n) is 5.23. The number of rotatable bonds is 13. The number of unbranched alkanes of at least 4 members (excludes halogenated alkanes) is 3. The number of ether oxygens (including phenoxy) is 1. The third kappa shape index (κ3) is 7.54. The Bertz CT molecular complexity index is 776. The molecule has 2 rings (SSSR count). The Morgan fingerprint density at radius 2 is 1.79 bits per heavy atom. The van der Waals surface area contributed by atoms with Gasteiger partial charge in [-0.25, -0.2) is 0 Å². The number of nitrogens with one attached hydrogen (secondary N) is 1. The van der Waals surface area contributed by atoms with Crippen LogP contribution in [-0.4, -0.2) is 43.6 Å². The lowest BCUT2D eigenvalue weighted by atomic mass is 10.1. The second kappa shape index (κ2) is 13.0. The maximum absolute atomic E-state index is 12.8. The van der Waals surface area contributed by atoms with Crippen LogP contribution in [0.3, 0.4) is 0 Å². The minimum absolute atomic E-state index is 0.0195. The van der Waals surface area contributed by atoms with Gasteiger partial charge in [0.2, 0.25) is 5.91 Å². The average molecular weight is 397 g/mol. The molecule has 2 aromatic rings. The molecule has 0 unspecified atom stereocenters. The molecule has 0 fully saturated rings. The molecule has 0 spiro atoms. The van der Waals surface area contributed by atoms with Crippen LogP contribution in [0.4, 0.5) is 0 Å². The molecule has 158 valence electrons. The molecule has 0 saturated heterocycles. The van der Waals surface area contributed by atoms with Crippen molar-refractivity contribution < 1.29 is 9.53 Å². The van der Waals surface area contributed by atoms with Crippen molar-refractivity contribution in [3.63, 3.8) is 0 Å². The lowest BCUT2D eigenvalue weighted by molar-refractivity contribution is -0.117. The van der Waals surface area contributed by atoms with Gasteiger partial charge in [-0.3, -0.25) is 4.79 Å². The quantitative estimate of drug-likeness (QED) is 0.374. The number of amides is 1. The molecular weight excluding hydrogens is 360 g/mol. The first-order valence-electron chi connectivity index (χ1n) is 11.0. The second-order valence-electron chi connectivity index (χ2n) is 7.27. The first-order chi connectivity index (χ1) is 14.2. The van der Waals surface area contributed by atoms with Crippen LogP contribution in [-0.2, 0) is 4.79 Å². The van der Waals surface area contributed by atoms with E-state index < -0.39 is 0 Å². The standard InChI is InChI=1S/C25H36N2O2/c1-4-7-8-9-14-22(25(28)26-18-19-27(5-2)6-3)20-29-24-17-12-15-21-13-10-11-16-23(21)24/h10-17H,4-9,18-20H2,1-3H3,(H,26,28)/b22-14+. The molecule has 0 aliphatic rings. The predicted octanol–water partition coefficient (Wildman–Crippen LogP) is 5.18. The van der Waals surface area contributed by atoms with Crippen molar-refractivity contribution in [1.82, 2.24) is 10.2 Å². The number of hydrogen-bond donors (Lipinski definition) is 1. The van der Waals surface area contributed by atoms with Gasteiger partial charge in [-0.05, 0) is 37.4 Å². The van der Waals surface area contributed by atoms with E-state index in [9.17, 15) is 4.79 Å². The summed E-state index contributed by atoms with van der Waals surface area (Å²) >= 11 is 0. The lowest BCUT2D eigenvalue weighted by Crippen LogP contribution is -2.36. The Morgan fingerprint density at radius 1 is 1.03 bits per heavy atom. The van der Waals surface area contributed by atoms with Crippen LogP contribution in [0.5, 0.6) is 5.75 Å². The van der Waals surface area contributed by atoms with Gasteiger partial charge < -0.3 is 15.0 Å². The van der Waals surface area contributed by atoms with Crippen LogP contribution in [0.2, 0.25) is 0 Å². The molecule has 0 aliphatic carbocycles. The van der Waals surface area contributed by atoms with Crippen molar-refractivity contribution in [2.45, 2.75) is 46.5 Å². The Morgan fingerprint density at radius 3 is 2.55 bits per heavy atom. The normalized spacial score (nSPS) is 11.8. The van der Waals surface area contributed by atoms with Crippen LogP contribution < -0.4 is 10.1 Å². The molecule has 1 N–H and O–H groups in total. The topological polar surface area (TPSA) is 41.6 Å². The summed E-state index contributed by atoms with van der Waals surface area (Å²) in [7, 11) is 0. The zero-order chi connectivity index (χ0) is 20.9. The summed E-state index contributed by atoms with van der Waals surface area (Å²) in [6.07, 6.45) is 6.41. The minimum Gasteiger partial charge on any atom is -0.488 e. The molecule has 0 atom stereocenters. The third-order valence-corrected chi connectivity index (χ3v) is 5.23. The fourth-order valence-electron chi connectivity index (χ4n) is 3.35. The molecule has 2 aromatic carbocycles. The summed E-state index contributed by atoms with van der Waals surface area (Å²) in [5.74, 6) is 0.799. The fraction of sp³-hybridized carbons (Fsp3) is 0.480. The van der Waals surface area contributed by atoms with Crippen LogP contribution >= 0.6 is 0 Å². The highest BCUT2D eigenvalue weighted by molar-refractivity contribution is 5.94. The van der Waals surface area contributed by atoms with Gasteiger partial charge in [-0.2, -0.15) is 0 Å². The molecule has 0 saturated carbocycles. The maximum atomic E-state index is 12.8. The van der Waals surface area contributed by atoms with Crippen molar-refractivity contribution in [1.29, 1.82) is 0 Å². The van der Waals surface area contributed by atoms with Crippen LogP contribution in [0.15, 0.2) is 54.1 Å². The van der Waals surface area contributed by atoms with Crippen molar-refractivity contribution in [3.8, 4) is 5.75 Å². The van der Waals surface area contributed by atoms with Gasteiger partial charge in [0.25, 0.3) is 0 Å². The van der Waals surface area contributed by atoms with E-state index in [0.717, 1.165) is 49.0 Å². The Kier molecular flexibility index (Phi) is 10.3. The van der Waals surface area contributed by atoms with E-state index in [1.807, 2.05) is 30.3 Å². The highest BCUT2D eigenvalue weighted by Gasteiger charge is 2.11. The maximum Gasteiger partial charge on any atom is 0.250 e. The van der Waals surface area contributed by atoms with E-state index in [-0.39, 0.29) is 12.5 Å². The van der Waals surface area contributed by atoms with Gasteiger partial charge in [0, 0.05) is 18.5 Å². The first-order valence-corrected chi connectivity index (χ1v) is 11.0. The van der Waals surface area contributed by atoms with Crippen LogP contribution in [0.1, 0.15) is 46.5 Å².